The molecule has 140 valence electrons. The molecule has 0 saturated carbocycles. The van der Waals surface area contributed by atoms with E-state index in [2.05, 4.69) is 5.32 Å². The number of rotatable bonds is 10. The summed E-state index contributed by atoms with van der Waals surface area (Å²) < 4.78 is 5.67. The molecule has 0 heterocycles. The summed E-state index contributed by atoms with van der Waals surface area (Å²) in [5.74, 6) is 0.291. The van der Waals surface area contributed by atoms with E-state index in [9.17, 15) is 9.59 Å². The van der Waals surface area contributed by atoms with Crippen LogP contribution in [0.15, 0.2) is 0 Å². The average Bonchev–Trinajstić information content (AvgIpc) is 2.48. The monoisotopic (exact) mass is 331 g/mol. The Kier molecular flexibility index (Phi) is 20.5. The minimum atomic E-state index is -0.244. The highest BCUT2D eigenvalue weighted by molar-refractivity contribution is 5.76. The van der Waals surface area contributed by atoms with E-state index in [0.717, 1.165) is 19.3 Å². The van der Waals surface area contributed by atoms with Gasteiger partial charge in [-0.3, -0.25) is 4.79 Å². The van der Waals surface area contributed by atoms with Crippen molar-refractivity contribution >= 4 is 11.7 Å². The third-order valence-electron chi connectivity index (χ3n) is 2.99. The molecular formula is C19H41NO3. The number of amides is 1. The van der Waals surface area contributed by atoms with Gasteiger partial charge in [-0.05, 0) is 47.0 Å². The first-order valence-electron chi connectivity index (χ1n) is 9.19. The fraction of sp³-hybridized carbons (Fsp3) is 0.895. The van der Waals surface area contributed by atoms with Crippen molar-refractivity contribution in [3.05, 3.63) is 0 Å². The van der Waals surface area contributed by atoms with Crippen molar-refractivity contribution in [1.29, 1.82) is 0 Å². The Bertz CT molecular complexity index is 288. The van der Waals surface area contributed by atoms with Crippen molar-refractivity contribution in [2.45, 2.75) is 106 Å². The van der Waals surface area contributed by atoms with Gasteiger partial charge < -0.3 is 14.8 Å². The first-order chi connectivity index (χ1) is 10.8. The Labute approximate surface area is 144 Å². The standard InChI is InChI=1S/C15H29NO3.2C2H6/c1-6-7-14(18)16-15(4,5)10-11-19-13(3)9-8-12(2)17;2*1-2/h13H,6-11H2,1-5H3,(H,16,18);2*1-2H3. The van der Waals surface area contributed by atoms with Crippen LogP contribution >= 0.6 is 0 Å². The number of hydrogen-bond acceptors (Lipinski definition) is 3. The van der Waals surface area contributed by atoms with Gasteiger partial charge in [0, 0.05) is 25.0 Å². The van der Waals surface area contributed by atoms with Crippen LogP contribution in [-0.4, -0.2) is 29.9 Å². The van der Waals surface area contributed by atoms with Gasteiger partial charge >= 0.3 is 0 Å². The highest BCUT2D eigenvalue weighted by Crippen LogP contribution is 2.11. The zero-order chi connectivity index (χ0) is 18.9. The number of carbonyl (C=O) groups is 2. The third kappa shape index (κ3) is 21.1. The van der Waals surface area contributed by atoms with Crippen LogP contribution in [0.4, 0.5) is 0 Å². The van der Waals surface area contributed by atoms with Crippen LogP contribution < -0.4 is 5.32 Å². The van der Waals surface area contributed by atoms with E-state index in [1.54, 1.807) is 6.92 Å². The molecule has 0 fully saturated rings. The molecule has 0 aromatic carbocycles. The Morgan fingerprint density at radius 3 is 2.04 bits per heavy atom. The van der Waals surface area contributed by atoms with Crippen LogP contribution in [0.3, 0.4) is 0 Å². The number of nitrogens with one attached hydrogen (secondary N) is 1. The topological polar surface area (TPSA) is 55.4 Å². The Hall–Kier alpha value is -0.900. The molecular weight excluding hydrogens is 290 g/mol. The maximum absolute atomic E-state index is 11.5. The molecule has 4 heteroatoms. The lowest BCUT2D eigenvalue weighted by molar-refractivity contribution is -0.123. The Balaban J connectivity index is -0.000000919. The van der Waals surface area contributed by atoms with E-state index in [4.69, 9.17) is 4.74 Å². The van der Waals surface area contributed by atoms with Gasteiger partial charge in [-0.2, -0.15) is 0 Å². The number of hydrogen-bond donors (Lipinski definition) is 1. The minimum absolute atomic E-state index is 0.0889. The van der Waals surface area contributed by atoms with Crippen molar-refractivity contribution in [2.24, 2.45) is 0 Å². The van der Waals surface area contributed by atoms with E-state index < -0.39 is 0 Å². The average molecular weight is 332 g/mol. The molecule has 0 aromatic rings. The normalized spacial score (nSPS) is 11.3. The van der Waals surface area contributed by atoms with Gasteiger partial charge in [0.15, 0.2) is 0 Å². The minimum Gasteiger partial charge on any atom is -0.378 e. The molecule has 0 bridgehead atoms. The second-order valence-electron chi connectivity index (χ2n) is 5.85. The van der Waals surface area contributed by atoms with E-state index in [-0.39, 0.29) is 23.3 Å². The predicted octanol–water partition coefficient (Wildman–Crippen LogP) is 4.90. The molecule has 0 aliphatic rings. The highest BCUT2D eigenvalue weighted by Gasteiger charge is 2.20. The first kappa shape index (κ1) is 27.0. The highest BCUT2D eigenvalue weighted by atomic mass is 16.5. The molecule has 1 unspecified atom stereocenters. The molecule has 0 aliphatic heterocycles. The largest absolute Gasteiger partial charge is 0.378 e. The van der Waals surface area contributed by atoms with E-state index in [1.165, 1.54) is 0 Å². The smallest absolute Gasteiger partial charge is 0.220 e. The van der Waals surface area contributed by atoms with Gasteiger partial charge in [-0.1, -0.05) is 34.6 Å². The molecule has 0 rings (SSSR count). The van der Waals surface area contributed by atoms with Crippen molar-refractivity contribution in [3.63, 3.8) is 0 Å². The maximum Gasteiger partial charge on any atom is 0.220 e. The summed E-state index contributed by atoms with van der Waals surface area (Å²) in [4.78, 5) is 22.4. The first-order valence-corrected chi connectivity index (χ1v) is 9.19. The Morgan fingerprint density at radius 2 is 1.61 bits per heavy atom. The lowest BCUT2D eigenvalue weighted by Gasteiger charge is -2.27. The molecule has 23 heavy (non-hydrogen) atoms. The second kappa shape index (κ2) is 17.5. The number of ether oxygens (including phenoxy) is 1. The third-order valence-corrected chi connectivity index (χ3v) is 2.99. The molecule has 1 atom stereocenters. The van der Waals surface area contributed by atoms with E-state index >= 15 is 0 Å². The number of Topliss-reactive ketones (excluding diaryl/α,β-unsaturated/α-hetero) is 1. The molecule has 4 nitrogen and oxygen atoms in total. The zero-order valence-electron chi connectivity index (χ0n) is 17.0. The van der Waals surface area contributed by atoms with Gasteiger partial charge in [0.2, 0.25) is 5.91 Å². The molecule has 0 radical (unpaired) electrons. The summed E-state index contributed by atoms with van der Waals surface area (Å²) in [5.41, 5.74) is -0.244. The maximum atomic E-state index is 11.5. The quantitative estimate of drug-likeness (QED) is 0.619. The van der Waals surface area contributed by atoms with Crippen molar-refractivity contribution < 1.29 is 14.3 Å². The summed E-state index contributed by atoms with van der Waals surface area (Å²) in [6.45, 7) is 18.2. The van der Waals surface area contributed by atoms with Crippen molar-refractivity contribution in [2.75, 3.05) is 6.61 Å². The van der Waals surface area contributed by atoms with Crippen LogP contribution in [-0.2, 0) is 14.3 Å². The van der Waals surface area contributed by atoms with Crippen LogP contribution in [0.5, 0.6) is 0 Å². The lowest BCUT2D eigenvalue weighted by atomic mass is 10.0. The van der Waals surface area contributed by atoms with E-state index in [1.807, 2.05) is 55.4 Å². The lowest BCUT2D eigenvalue weighted by Crippen LogP contribution is -2.44. The second-order valence-corrected chi connectivity index (χ2v) is 5.85. The van der Waals surface area contributed by atoms with Gasteiger partial charge in [-0.25, -0.2) is 0 Å². The van der Waals surface area contributed by atoms with Crippen LogP contribution in [0, 0.1) is 0 Å². The molecule has 0 aliphatic carbocycles. The summed E-state index contributed by atoms with van der Waals surface area (Å²) in [5, 5.41) is 3.01. The molecule has 1 amide bonds. The van der Waals surface area contributed by atoms with Crippen LogP contribution in [0.1, 0.15) is 94.4 Å². The van der Waals surface area contributed by atoms with Gasteiger partial charge in [0.1, 0.15) is 5.78 Å². The molecule has 1 N–H and O–H groups in total. The summed E-state index contributed by atoms with van der Waals surface area (Å²) >= 11 is 0. The summed E-state index contributed by atoms with van der Waals surface area (Å²) in [7, 11) is 0. The summed E-state index contributed by atoms with van der Waals surface area (Å²) in [6, 6.07) is 0. The van der Waals surface area contributed by atoms with E-state index in [0.29, 0.717) is 19.4 Å². The molecule has 0 saturated heterocycles. The fourth-order valence-electron chi connectivity index (χ4n) is 1.73. The van der Waals surface area contributed by atoms with Crippen molar-refractivity contribution in [3.8, 4) is 0 Å². The SMILES string of the molecule is CC.CC.CCCC(=O)NC(C)(C)CCOC(C)CCC(C)=O. The number of ketones is 1. The fourth-order valence-corrected chi connectivity index (χ4v) is 1.73. The van der Waals surface area contributed by atoms with Crippen molar-refractivity contribution in [1.82, 2.24) is 5.32 Å². The van der Waals surface area contributed by atoms with Crippen LogP contribution in [0.2, 0.25) is 0 Å². The van der Waals surface area contributed by atoms with Gasteiger partial charge in [0.25, 0.3) is 0 Å². The predicted molar refractivity (Wildman–Crippen MR) is 99.8 cm³/mol. The zero-order valence-corrected chi connectivity index (χ0v) is 17.0. The van der Waals surface area contributed by atoms with Gasteiger partial charge in [-0.15, -0.1) is 0 Å². The summed E-state index contributed by atoms with van der Waals surface area (Å²) in [6.07, 6.45) is 3.62. The van der Waals surface area contributed by atoms with Crippen LogP contribution in [0.25, 0.3) is 0 Å². The molecule has 0 spiro atoms. The number of carbonyl (C=O) groups excluding carboxylic acids is 2. The molecule has 0 aromatic heterocycles. The van der Waals surface area contributed by atoms with Gasteiger partial charge in [0.05, 0.1) is 6.10 Å². The Morgan fingerprint density at radius 1 is 1.09 bits per heavy atom.